The minimum atomic E-state index is 0.561. The average molecular weight is 263 g/mol. The molecule has 1 aliphatic rings. The molecule has 0 atom stereocenters. The first-order valence-electron chi connectivity index (χ1n) is 7.35. The van der Waals surface area contributed by atoms with E-state index in [1.54, 1.807) is 6.26 Å². The molecule has 0 saturated heterocycles. The van der Waals surface area contributed by atoms with Crippen LogP contribution in [0.4, 0.5) is 0 Å². The largest absolute Gasteiger partial charge is 0.467 e. The van der Waals surface area contributed by atoms with E-state index in [2.05, 4.69) is 29.5 Å². The summed E-state index contributed by atoms with van der Waals surface area (Å²) in [6.07, 6.45) is 6.80. The van der Waals surface area contributed by atoms with Gasteiger partial charge >= 0.3 is 0 Å². The summed E-state index contributed by atoms with van der Waals surface area (Å²) in [4.78, 5) is 4.57. The maximum atomic E-state index is 5.30. The molecule has 0 unspecified atom stereocenters. The van der Waals surface area contributed by atoms with Crippen LogP contribution in [-0.4, -0.2) is 18.5 Å². The van der Waals surface area contributed by atoms with Gasteiger partial charge in [0.05, 0.1) is 6.26 Å². The lowest BCUT2D eigenvalue weighted by Crippen LogP contribution is -2.44. The summed E-state index contributed by atoms with van der Waals surface area (Å²) in [7, 11) is 0. The topological polar surface area (TPSA) is 49.6 Å². The fraction of sp³-hybridized carbons (Fsp3) is 0.667. The lowest BCUT2D eigenvalue weighted by atomic mass is 9.87. The van der Waals surface area contributed by atoms with Crippen molar-refractivity contribution in [2.45, 2.75) is 52.1 Å². The predicted octanol–water partition coefficient (Wildman–Crippen LogP) is 2.91. The summed E-state index contributed by atoms with van der Waals surface area (Å²) in [6.45, 7) is 5.90. The number of hydrogen-bond acceptors (Lipinski definition) is 2. The second-order valence-electron chi connectivity index (χ2n) is 5.38. The quantitative estimate of drug-likeness (QED) is 0.648. The summed E-state index contributed by atoms with van der Waals surface area (Å²) in [5, 5.41) is 6.84. The van der Waals surface area contributed by atoms with Gasteiger partial charge in [-0.25, -0.2) is 4.99 Å². The van der Waals surface area contributed by atoms with E-state index in [1.165, 1.54) is 25.7 Å². The van der Waals surface area contributed by atoms with Crippen LogP contribution in [0.15, 0.2) is 27.8 Å². The zero-order chi connectivity index (χ0) is 13.5. The van der Waals surface area contributed by atoms with Crippen molar-refractivity contribution in [3.05, 3.63) is 24.2 Å². The number of guanidine groups is 1. The molecule has 0 bridgehead atoms. The van der Waals surface area contributed by atoms with Gasteiger partial charge in [0.25, 0.3) is 0 Å². The van der Waals surface area contributed by atoms with Gasteiger partial charge in [0, 0.05) is 12.6 Å². The smallest absolute Gasteiger partial charge is 0.191 e. The molecule has 0 spiro atoms. The Bertz CT molecular complexity index is 378. The van der Waals surface area contributed by atoms with Crippen molar-refractivity contribution >= 4 is 5.96 Å². The zero-order valence-corrected chi connectivity index (χ0v) is 12.0. The molecule has 1 aromatic rings. The van der Waals surface area contributed by atoms with E-state index in [4.69, 9.17) is 4.42 Å². The zero-order valence-electron chi connectivity index (χ0n) is 12.0. The highest BCUT2D eigenvalue weighted by molar-refractivity contribution is 5.80. The average Bonchev–Trinajstić information content (AvgIpc) is 2.92. The van der Waals surface area contributed by atoms with E-state index in [9.17, 15) is 0 Å². The van der Waals surface area contributed by atoms with E-state index < -0.39 is 0 Å². The third-order valence-corrected chi connectivity index (χ3v) is 3.67. The Balaban J connectivity index is 1.86. The number of nitrogens with zero attached hydrogens (tertiary/aromatic N) is 1. The second-order valence-corrected chi connectivity index (χ2v) is 5.38. The highest BCUT2D eigenvalue weighted by atomic mass is 16.3. The van der Waals surface area contributed by atoms with Crippen molar-refractivity contribution in [3.8, 4) is 0 Å². The normalized spacial score (nSPS) is 24.2. The highest BCUT2D eigenvalue weighted by Gasteiger charge is 2.18. The summed E-state index contributed by atoms with van der Waals surface area (Å²) >= 11 is 0. The molecule has 0 amide bonds. The Morgan fingerprint density at radius 2 is 2.16 bits per heavy atom. The van der Waals surface area contributed by atoms with E-state index in [-0.39, 0.29) is 0 Å². The first-order chi connectivity index (χ1) is 9.28. The van der Waals surface area contributed by atoms with Crippen LogP contribution in [0.25, 0.3) is 0 Å². The summed E-state index contributed by atoms with van der Waals surface area (Å²) in [5.74, 6) is 2.67. The van der Waals surface area contributed by atoms with E-state index in [0.717, 1.165) is 24.2 Å². The number of hydrogen-bond donors (Lipinski definition) is 2. The molecule has 0 radical (unpaired) electrons. The molecule has 1 saturated carbocycles. The number of furan rings is 1. The van der Waals surface area contributed by atoms with Crippen LogP contribution in [0.2, 0.25) is 0 Å². The second kappa shape index (κ2) is 7.22. The Morgan fingerprint density at radius 1 is 1.37 bits per heavy atom. The molecular formula is C15H25N3O. The molecule has 106 valence electrons. The van der Waals surface area contributed by atoms with Crippen LogP contribution in [0.1, 0.15) is 45.3 Å². The Morgan fingerprint density at radius 3 is 2.79 bits per heavy atom. The molecule has 1 aromatic heterocycles. The SMILES string of the molecule is CCNC(=NCc1ccco1)NC1CCC(C)CC1. The minimum absolute atomic E-state index is 0.561. The van der Waals surface area contributed by atoms with Crippen LogP contribution in [0.3, 0.4) is 0 Å². The first-order valence-corrected chi connectivity index (χ1v) is 7.35. The highest BCUT2D eigenvalue weighted by Crippen LogP contribution is 2.23. The van der Waals surface area contributed by atoms with E-state index in [1.807, 2.05) is 12.1 Å². The number of nitrogens with one attached hydrogen (secondary N) is 2. The van der Waals surface area contributed by atoms with Gasteiger partial charge < -0.3 is 15.1 Å². The molecule has 4 nitrogen and oxygen atoms in total. The molecule has 2 rings (SSSR count). The number of rotatable bonds is 4. The molecule has 0 aromatic carbocycles. The van der Waals surface area contributed by atoms with Gasteiger partial charge in [-0.1, -0.05) is 6.92 Å². The van der Waals surface area contributed by atoms with Gasteiger partial charge in [0.1, 0.15) is 12.3 Å². The van der Waals surface area contributed by atoms with Crippen LogP contribution >= 0.6 is 0 Å². The van der Waals surface area contributed by atoms with Crippen LogP contribution < -0.4 is 10.6 Å². The fourth-order valence-electron chi connectivity index (χ4n) is 2.48. The molecule has 0 aliphatic heterocycles. The molecule has 1 heterocycles. The van der Waals surface area contributed by atoms with Crippen molar-refractivity contribution in [2.24, 2.45) is 10.9 Å². The fourth-order valence-corrected chi connectivity index (χ4v) is 2.48. The third-order valence-electron chi connectivity index (χ3n) is 3.67. The van der Waals surface area contributed by atoms with Crippen LogP contribution in [0.5, 0.6) is 0 Å². The van der Waals surface area contributed by atoms with Crippen molar-refractivity contribution in [1.29, 1.82) is 0 Å². The lowest BCUT2D eigenvalue weighted by Gasteiger charge is -2.28. The molecule has 2 N–H and O–H groups in total. The van der Waals surface area contributed by atoms with E-state index >= 15 is 0 Å². The Labute approximate surface area is 115 Å². The molecular weight excluding hydrogens is 238 g/mol. The van der Waals surface area contributed by atoms with E-state index in [0.29, 0.717) is 12.6 Å². The molecule has 4 heteroatoms. The first kappa shape index (κ1) is 14.0. The van der Waals surface area contributed by atoms with Gasteiger partial charge in [-0.2, -0.15) is 0 Å². The van der Waals surface area contributed by atoms with Gasteiger partial charge in [0.15, 0.2) is 5.96 Å². The summed E-state index contributed by atoms with van der Waals surface area (Å²) in [5.41, 5.74) is 0. The maximum absolute atomic E-state index is 5.30. The Hall–Kier alpha value is -1.45. The molecule has 1 aliphatic carbocycles. The van der Waals surface area contributed by atoms with Crippen molar-refractivity contribution in [3.63, 3.8) is 0 Å². The van der Waals surface area contributed by atoms with Gasteiger partial charge in [0.2, 0.25) is 0 Å². The van der Waals surface area contributed by atoms with Gasteiger partial charge in [-0.15, -0.1) is 0 Å². The lowest BCUT2D eigenvalue weighted by molar-refractivity contribution is 0.329. The third kappa shape index (κ3) is 4.62. The molecule has 19 heavy (non-hydrogen) atoms. The van der Waals surface area contributed by atoms with Crippen molar-refractivity contribution in [2.75, 3.05) is 6.54 Å². The monoisotopic (exact) mass is 263 g/mol. The van der Waals surface area contributed by atoms with Gasteiger partial charge in [-0.3, -0.25) is 0 Å². The maximum Gasteiger partial charge on any atom is 0.191 e. The standard InChI is InChI=1S/C15H25N3O/c1-3-16-15(17-11-14-5-4-10-19-14)18-13-8-6-12(2)7-9-13/h4-5,10,12-13H,3,6-9,11H2,1-2H3,(H2,16,17,18). The van der Waals surface area contributed by atoms with Crippen molar-refractivity contribution < 1.29 is 4.42 Å². The number of aliphatic imine (C=N–C) groups is 1. The summed E-state index contributed by atoms with van der Waals surface area (Å²) < 4.78 is 5.30. The summed E-state index contributed by atoms with van der Waals surface area (Å²) in [6, 6.07) is 4.41. The van der Waals surface area contributed by atoms with Crippen molar-refractivity contribution in [1.82, 2.24) is 10.6 Å². The molecule has 1 fully saturated rings. The van der Waals surface area contributed by atoms with Crippen LogP contribution in [0, 0.1) is 5.92 Å². The predicted molar refractivity (Wildman–Crippen MR) is 78.1 cm³/mol. The van der Waals surface area contributed by atoms with Crippen LogP contribution in [-0.2, 0) is 6.54 Å². The Kier molecular flexibility index (Phi) is 5.31. The minimum Gasteiger partial charge on any atom is -0.467 e. The van der Waals surface area contributed by atoms with Gasteiger partial charge in [-0.05, 0) is 50.7 Å².